The van der Waals surface area contributed by atoms with Crippen molar-refractivity contribution >= 4 is 34.0 Å². The van der Waals surface area contributed by atoms with Crippen LogP contribution in [0.3, 0.4) is 0 Å². The van der Waals surface area contributed by atoms with Gasteiger partial charge in [-0.25, -0.2) is 0 Å². The van der Waals surface area contributed by atoms with Gasteiger partial charge in [-0.15, -0.1) is 23.1 Å². The van der Waals surface area contributed by atoms with Gasteiger partial charge in [0, 0.05) is 9.77 Å². The normalized spacial score (nSPS) is 13.4. The molecule has 0 radical (unpaired) electrons. The molecular formula is C19H20N2O2S2. The fourth-order valence-corrected chi connectivity index (χ4v) is 4.89. The van der Waals surface area contributed by atoms with Crippen molar-refractivity contribution in [3.8, 4) is 11.8 Å². The van der Waals surface area contributed by atoms with Crippen LogP contribution in [0.4, 0.5) is 5.00 Å². The molecule has 0 saturated heterocycles. The molecule has 1 heterocycles. The number of thiophene rings is 1. The van der Waals surface area contributed by atoms with Crippen LogP contribution in [0, 0.1) is 11.3 Å². The Morgan fingerprint density at radius 1 is 1.28 bits per heavy atom. The molecule has 0 spiro atoms. The number of amides is 1. The number of hydrogen-bond acceptors (Lipinski definition) is 5. The van der Waals surface area contributed by atoms with Gasteiger partial charge in [-0.1, -0.05) is 6.42 Å². The Hall–Kier alpha value is -1.97. The Kier molecular flexibility index (Phi) is 6.00. The molecule has 0 atom stereocenters. The van der Waals surface area contributed by atoms with Gasteiger partial charge in [0.25, 0.3) is 0 Å². The third-order valence-electron chi connectivity index (χ3n) is 4.22. The summed E-state index contributed by atoms with van der Waals surface area (Å²) in [5, 5.41) is 13.2. The van der Waals surface area contributed by atoms with Gasteiger partial charge in [0.05, 0.1) is 18.4 Å². The van der Waals surface area contributed by atoms with Crippen LogP contribution in [0.15, 0.2) is 29.2 Å². The monoisotopic (exact) mass is 372 g/mol. The maximum absolute atomic E-state index is 12.3. The molecule has 25 heavy (non-hydrogen) atoms. The molecule has 0 bridgehead atoms. The van der Waals surface area contributed by atoms with Gasteiger partial charge in [0.15, 0.2) is 0 Å². The first-order valence-corrected chi connectivity index (χ1v) is 10.1. The van der Waals surface area contributed by atoms with E-state index in [1.165, 1.54) is 29.5 Å². The summed E-state index contributed by atoms with van der Waals surface area (Å²) in [6.45, 7) is 0. The highest BCUT2D eigenvalue weighted by Crippen LogP contribution is 2.37. The minimum Gasteiger partial charge on any atom is -0.497 e. The quantitative estimate of drug-likeness (QED) is 0.614. The second kappa shape index (κ2) is 8.41. The molecular weight excluding hydrogens is 352 g/mol. The summed E-state index contributed by atoms with van der Waals surface area (Å²) in [7, 11) is 1.63. The second-order valence-corrected chi connectivity index (χ2v) is 8.05. The van der Waals surface area contributed by atoms with Crippen LogP contribution < -0.4 is 10.1 Å². The lowest BCUT2D eigenvalue weighted by Crippen LogP contribution is -2.13. The van der Waals surface area contributed by atoms with E-state index in [1.54, 1.807) is 18.4 Å². The van der Waals surface area contributed by atoms with Crippen LogP contribution in [-0.4, -0.2) is 18.8 Å². The molecule has 1 aliphatic carbocycles. The number of anilines is 1. The van der Waals surface area contributed by atoms with Crippen molar-refractivity contribution in [3.05, 3.63) is 40.3 Å². The third kappa shape index (κ3) is 4.36. The van der Waals surface area contributed by atoms with Crippen molar-refractivity contribution in [2.24, 2.45) is 0 Å². The van der Waals surface area contributed by atoms with E-state index in [-0.39, 0.29) is 5.91 Å². The van der Waals surface area contributed by atoms with Crippen LogP contribution in [0.5, 0.6) is 5.75 Å². The number of hydrogen-bond donors (Lipinski definition) is 1. The van der Waals surface area contributed by atoms with Crippen LogP contribution in [0.25, 0.3) is 0 Å². The van der Waals surface area contributed by atoms with E-state index in [0.29, 0.717) is 11.3 Å². The number of ether oxygens (including phenoxy) is 1. The lowest BCUT2D eigenvalue weighted by atomic mass is 10.1. The van der Waals surface area contributed by atoms with Crippen molar-refractivity contribution in [1.82, 2.24) is 0 Å². The summed E-state index contributed by atoms with van der Waals surface area (Å²) in [6, 6.07) is 9.93. The number of nitriles is 1. The van der Waals surface area contributed by atoms with Crippen molar-refractivity contribution in [2.45, 2.75) is 37.0 Å². The average molecular weight is 373 g/mol. The fraction of sp³-hybridized carbons (Fsp3) is 0.368. The molecule has 1 N–H and O–H groups in total. The molecule has 1 aliphatic rings. The zero-order valence-electron chi connectivity index (χ0n) is 14.1. The molecule has 130 valence electrons. The lowest BCUT2D eigenvalue weighted by Gasteiger charge is -2.05. The highest BCUT2D eigenvalue weighted by atomic mass is 32.2. The van der Waals surface area contributed by atoms with Gasteiger partial charge in [-0.2, -0.15) is 5.26 Å². The maximum Gasteiger partial charge on any atom is 0.235 e. The zero-order chi connectivity index (χ0) is 17.6. The molecule has 6 heteroatoms. The predicted octanol–water partition coefficient (Wildman–Crippen LogP) is 4.63. The number of nitrogens with one attached hydrogen (secondary N) is 1. The standard InChI is InChI=1S/C19H20N2O2S2/c1-23-13-7-9-14(10-8-13)24-12-18(22)21-19-16(11-20)15-5-3-2-4-6-17(15)25-19/h7-10H,2-6,12H2,1H3,(H,21,22). The molecule has 3 rings (SSSR count). The van der Waals surface area contributed by atoms with Gasteiger partial charge in [-0.3, -0.25) is 4.79 Å². The highest BCUT2D eigenvalue weighted by Gasteiger charge is 2.20. The Labute approximate surface area is 156 Å². The number of methoxy groups -OCH3 is 1. The van der Waals surface area contributed by atoms with Crippen LogP contribution >= 0.6 is 23.1 Å². The minimum absolute atomic E-state index is 0.0753. The SMILES string of the molecule is COc1ccc(SCC(=O)Nc2sc3c(c2C#N)CCCCC3)cc1. The van der Waals surface area contributed by atoms with Gasteiger partial charge in [0.2, 0.25) is 5.91 Å². The van der Waals surface area contributed by atoms with E-state index in [0.717, 1.165) is 40.5 Å². The van der Waals surface area contributed by atoms with Gasteiger partial charge in [0.1, 0.15) is 16.8 Å². The number of nitrogens with zero attached hydrogens (tertiary/aromatic N) is 1. The van der Waals surface area contributed by atoms with Crippen LogP contribution in [-0.2, 0) is 17.6 Å². The molecule has 0 saturated carbocycles. The summed E-state index contributed by atoms with van der Waals surface area (Å²) in [6.07, 6.45) is 5.47. The molecule has 1 aromatic carbocycles. The number of rotatable bonds is 5. The van der Waals surface area contributed by atoms with Crippen molar-refractivity contribution in [3.63, 3.8) is 0 Å². The van der Waals surface area contributed by atoms with Crippen LogP contribution in [0.1, 0.15) is 35.3 Å². The molecule has 2 aromatic rings. The number of thioether (sulfide) groups is 1. The molecule has 1 aromatic heterocycles. The van der Waals surface area contributed by atoms with Gasteiger partial charge < -0.3 is 10.1 Å². The van der Waals surface area contributed by atoms with E-state index >= 15 is 0 Å². The first kappa shape index (κ1) is 17.8. The number of carbonyl (C=O) groups is 1. The Morgan fingerprint density at radius 3 is 2.76 bits per heavy atom. The van der Waals surface area contributed by atoms with Crippen LogP contribution in [0.2, 0.25) is 0 Å². The zero-order valence-corrected chi connectivity index (χ0v) is 15.8. The van der Waals surface area contributed by atoms with E-state index in [9.17, 15) is 10.1 Å². The van der Waals surface area contributed by atoms with Crippen molar-refractivity contribution in [1.29, 1.82) is 5.26 Å². The van der Waals surface area contributed by atoms with E-state index in [4.69, 9.17) is 4.74 Å². The number of benzene rings is 1. The summed E-state index contributed by atoms with van der Waals surface area (Å²) >= 11 is 3.05. The summed E-state index contributed by atoms with van der Waals surface area (Å²) < 4.78 is 5.13. The first-order valence-electron chi connectivity index (χ1n) is 8.32. The van der Waals surface area contributed by atoms with Crippen molar-refractivity contribution in [2.75, 3.05) is 18.2 Å². The van der Waals surface area contributed by atoms with Crippen molar-refractivity contribution < 1.29 is 9.53 Å². The summed E-state index contributed by atoms with van der Waals surface area (Å²) in [4.78, 5) is 14.6. The predicted molar refractivity (Wildman–Crippen MR) is 103 cm³/mol. The van der Waals surface area contributed by atoms with E-state index in [2.05, 4.69) is 11.4 Å². The molecule has 0 unspecified atom stereocenters. The lowest BCUT2D eigenvalue weighted by molar-refractivity contribution is -0.113. The highest BCUT2D eigenvalue weighted by molar-refractivity contribution is 8.00. The summed E-state index contributed by atoms with van der Waals surface area (Å²) in [5.41, 5.74) is 1.83. The summed E-state index contributed by atoms with van der Waals surface area (Å²) in [5.74, 6) is 1.04. The largest absolute Gasteiger partial charge is 0.497 e. The average Bonchev–Trinajstić information content (AvgIpc) is 2.79. The smallest absolute Gasteiger partial charge is 0.235 e. The first-order chi connectivity index (χ1) is 12.2. The Bertz CT molecular complexity index is 791. The number of carbonyl (C=O) groups excluding carboxylic acids is 1. The third-order valence-corrected chi connectivity index (χ3v) is 6.43. The van der Waals surface area contributed by atoms with E-state index < -0.39 is 0 Å². The van der Waals surface area contributed by atoms with Gasteiger partial charge in [-0.05, 0) is 55.5 Å². The topological polar surface area (TPSA) is 62.1 Å². The Morgan fingerprint density at radius 2 is 2.04 bits per heavy atom. The molecule has 0 aliphatic heterocycles. The second-order valence-electron chi connectivity index (χ2n) is 5.89. The van der Waals surface area contributed by atoms with E-state index in [1.807, 2.05) is 24.3 Å². The van der Waals surface area contributed by atoms with Gasteiger partial charge >= 0.3 is 0 Å². The molecule has 4 nitrogen and oxygen atoms in total. The maximum atomic E-state index is 12.3. The molecule has 1 amide bonds. The number of fused-ring (bicyclic) bond motifs is 1. The minimum atomic E-state index is -0.0753. The fourth-order valence-electron chi connectivity index (χ4n) is 2.93. The molecule has 0 fully saturated rings. The number of aryl methyl sites for hydroxylation is 1. The Balaban J connectivity index is 1.63.